The van der Waals surface area contributed by atoms with Gasteiger partial charge < -0.3 is 5.32 Å². The summed E-state index contributed by atoms with van der Waals surface area (Å²) in [4.78, 5) is 26.0. The van der Waals surface area contributed by atoms with Crippen molar-refractivity contribution in [1.29, 1.82) is 0 Å². The van der Waals surface area contributed by atoms with Crippen LogP contribution in [0.1, 0.15) is 15.2 Å². The molecule has 0 fully saturated rings. The van der Waals surface area contributed by atoms with Gasteiger partial charge in [0.05, 0.1) is 10.4 Å². The van der Waals surface area contributed by atoms with Crippen LogP contribution >= 0.6 is 11.3 Å². The number of fused-ring (bicyclic) bond motifs is 2. The fraction of sp³-hybridized carbons (Fsp3) is 0.125. The summed E-state index contributed by atoms with van der Waals surface area (Å²) in [6.07, 6.45) is 0. The van der Waals surface area contributed by atoms with Gasteiger partial charge in [-0.1, -0.05) is 24.3 Å². The molecule has 0 amide bonds. The molecule has 0 aliphatic carbocycles. The number of hydrogen-bond acceptors (Lipinski definition) is 4. The van der Waals surface area contributed by atoms with Gasteiger partial charge in [0.1, 0.15) is 5.82 Å². The fourth-order valence-electron chi connectivity index (χ4n) is 2.84. The first-order valence-electron chi connectivity index (χ1n) is 6.75. The maximum atomic E-state index is 12.8. The molecule has 3 aromatic rings. The Bertz CT molecular complexity index is 910. The zero-order valence-corrected chi connectivity index (χ0v) is 11.9. The summed E-state index contributed by atoms with van der Waals surface area (Å²) in [6.45, 7) is 1.28. The number of pyridine rings is 1. The lowest BCUT2D eigenvalue weighted by molar-refractivity contribution is 0.104. The minimum absolute atomic E-state index is 0.0284. The SMILES string of the molecule is O=C(c1cccs1)c1c2n(c(=O)c3ccccc13)CCN2. The maximum Gasteiger partial charge on any atom is 0.260 e. The van der Waals surface area contributed by atoms with Crippen LogP contribution in [0.25, 0.3) is 10.8 Å². The first-order valence-corrected chi connectivity index (χ1v) is 7.63. The van der Waals surface area contributed by atoms with Crippen LogP contribution in [0.5, 0.6) is 0 Å². The van der Waals surface area contributed by atoms with Crippen LogP contribution < -0.4 is 10.9 Å². The summed E-state index contributed by atoms with van der Waals surface area (Å²) in [5.74, 6) is 0.622. The molecule has 1 aliphatic rings. The van der Waals surface area contributed by atoms with E-state index in [0.29, 0.717) is 34.7 Å². The normalized spacial score (nSPS) is 13.1. The van der Waals surface area contributed by atoms with E-state index in [1.165, 1.54) is 11.3 Å². The highest BCUT2D eigenvalue weighted by Crippen LogP contribution is 2.29. The molecule has 0 saturated heterocycles. The molecule has 21 heavy (non-hydrogen) atoms. The van der Waals surface area contributed by atoms with Crippen molar-refractivity contribution in [2.45, 2.75) is 6.54 Å². The number of nitrogens with zero attached hydrogens (tertiary/aromatic N) is 1. The second-order valence-electron chi connectivity index (χ2n) is 4.96. The highest BCUT2D eigenvalue weighted by Gasteiger charge is 2.25. The van der Waals surface area contributed by atoms with Gasteiger partial charge in [-0.2, -0.15) is 0 Å². The summed E-state index contributed by atoms with van der Waals surface area (Å²) in [5, 5.41) is 6.40. The number of hydrogen-bond donors (Lipinski definition) is 1. The van der Waals surface area contributed by atoms with Gasteiger partial charge in [-0.25, -0.2) is 0 Å². The zero-order chi connectivity index (χ0) is 14.4. The topological polar surface area (TPSA) is 51.1 Å². The maximum absolute atomic E-state index is 12.8. The number of carbonyl (C=O) groups is 1. The third-order valence-corrected chi connectivity index (χ3v) is 4.65. The van der Waals surface area contributed by atoms with Crippen LogP contribution in [0.2, 0.25) is 0 Å². The molecular formula is C16H12N2O2S. The molecule has 0 atom stereocenters. The zero-order valence-electron chi connectivity index (χ0n) is 11.1. The van der Waals surface area contributed by atoms with E-state index in [2.05, 4.69) is 5.32 Å². The molecule has 0 spiro atoms. The number of aromatic nitrogens is 1. The molecule has 1 aliphatic heterocycles. The molecule has 104 valence electrons. The van der Waals surface area contributed by atoms with Gasteiger partial charge in [-0.05, 0) is 17.5 Å². The highest BCUT2D eigenvalue weighted by molar-refractivity contribution is 7.12. The summed E-state index contributed by atoms with van der Waals surface area (Å²) < 4.78 is 1.67. The Kier molecular flexibility index (Phi) is 2.68. The Morgan fingerprint density at radius 3 is 2.71 bits per heavy atom. The predicted octanol–water partition coefficient (Wildman–Crippen LogP) is 2.72. The number of anilines is 1. The van der Waals surface area contributed by atoms with Gasteiger partial charge in [-0.3, -0.25) is 14.2 Å². The van der Waals surface area contributed by atoms with Crippen molar-refractivity contribution in [3.8, 4) is 0 Å². The largest absolute Gasteiger partial charge is 0.369 e. The number of rotatable bonds is 2. The highest BCUT2D eigenvalue weighted by atomic mass is 32.1. The van der Waals surface area contributed by atoms with Crippen molar-refractivity contribution < 1.29 is 4.79 Å². The summed E-state index contributed by atoms with van der Waals surface area (Å²) in [6, 6.07) is 11.0. The molecule has 4 nitrogen and oxygen atoms in total. The predicted molar refractivity (Wildman–Crippen MR) is 84.4 cm³/mol. The summed E-state index contributed by atoms with van der Waals surface area (Å²) in [7, 11) is 0. The first kappa shape index (κ1) is 12.3. The molecule has 1 aromatic carbocycles. The molecule has 0 bridgehead atoms. The molecule has 0 saturated carbocycles. The smallest absolute Gasteiger partial charge is 0.260 e. The Balaban J connectivity index is 2.11. The molecule has 0 radical (unpaired) electrons. The lowest BCUT2D eigenvalue weighted by Gasteiger charge is -2.12. The average molecular weight is 296 g/mol. The molecule has 0 unspecified atom stereocenters. The van der Waals surface area contributed by atoms with Crippen molar-refractivity contribution in [3.05, 3.63) is 62.6 Å². The van der Waals surface area contributed by atoms with Crippen LogP contribution in [0, 0.1) is 0 Å². The lowest BCUT2D eigenvalue weighted by atomic mass is 10.0. The number of thiophene rings is 1. The van der Waals surface area contributed by atoms with E-state index in [1.807, 2.05) is 35.7 Å². The quantitative estimate of drug-likeness (QED) is 0.740. The third-order valence-electron chi connectivity index (χ3n) is 3.78. The van der Waals surface area contributed by atoms with Crippen LogP contribution in [-0.2, 0) is 6.54 Å². The van der Waals surface area contributed by atoms with E-state index in [-0.39, 0.29) is 11.3 Å². The van der Waals surface area contributed by atoms with Crippen LogP contribution in [-0.4, -0.2) is 16.9 Å². The van der Waals surface area contributed by atoms with Crippen LogP contribution in [0.4, 0.5) is 5.82 Å². The van der Waals surface area contributed by atoms with Crippen LogP contribution in [0.3, 0.4) is 0 Å². The second-order valence-corrected chi connectivity index (χ2v) is 5.91. The van der Waals surface area contributed by atoms with Gasteiger partial charge in [0.25, 0.3) is 5.56 Å². The molecule has 1 N–H and O–H groups in total. The van der Waals surface area contributed by atoms with Gasteiger partial charge >= 0.3 is 0 Å². The van der Waals surface area contributed by atoms with E-state index in [9.17, 15) is 9.59 Å². The third kappa shape index (κ3) is 1.74. The van der Waals surface area contributed by atoms with Crippen LogP contribution in [0.15, 0.2) is 46.6 Å². The van der Waals surface area contributed by atoms with E-state index in [1.54, 1.807) is 10.6 Å². The number of benzene rings is 1. The second kappa shape index (κ2) is 4.56. The Morgan fingerprint density at radius 2 is 1.95 bits per heavy atom. The van der Waals surface area contributed by atoms with Crippen molar-refractivity contribution in [2.75, 3.05) is 11.9 Å². The van der Waals surface area contributed by atoms with Crippen molar-refractivity contribution in [3.63, 3.8) is 0 Å². The minimum Gasteiger partial charge on any atom is -0.369 e. The molecule has 4 rings (SSSR count). The van der Waals surface area contributed by atoms with Gasteiger partial charge in [0.2, 0.25) is 5.78 Å². The number of carbonyl (C=O) groups excluding carboxylic acids is 1. The van der Waals surface area contributed by atoms with E-state index >= 15 is 0 Å². The number of ketones is 1. The molecular weight excluding hydrogens is 284 g/mol. The average Bonchev–Trinajstić information content (AvgIpc) is 3.19. The minimum atomic E-state index is -0.0340. The monoisotopic (exact) mass is 296 g/mol. The van der Waals surface area contributed by atoms with Crippen molar-refractivity contribution >= 4 is 33.7 Å². The summed E-state index contributed by atoms with van der Waals surface area (Å²) in [5.41, 5.74) is 0.568. The van der Waals surface area contributed by atoms with Crippen molar-refractivity contribution in [1.82, 2.24) is 4.57 Å². The molecule has 5 heteroatoms. The van der Waals surface area contributed by atoms with E-state index in [0.717, 1.165) is 5.39 Å². The summed E-state index contributed by atoms with van der Waals surface area (Å²) >= 11 is 1.42. The Morgan fingerprint density at radius 1 is 1.14 bits per heavy atom. The molecule has 2 aromatic heterocycles. The van der Waals surface area contributed by atoms with Gasteiger partial charge in [0, 0.05) is 23.9 Å². The first-order chi connectivity index (χ1) is 10.3. The van der Waals surface area contributed by atoms with Gasteiger partial charge in [-0.15, -0.1) is 11.3 Å². The van der Waals surface area contributed by atoms with E-state index < -0.39 is 0 Å². The van der Waals surface area contributed by atoms with E-state index in [4.69, 9.17) is 0 Å². The van der Waals surface area contributed by atoms with Crippen molar-refractivity contribution in [2.24, 2.45) is 0 Å². The number of nitrogens with one attached hydrogen (secondary N) is 1. The fourth-order valence-corrected chi connectivity index (χ4v) is 3.51. The lowest BCUT2D eigenvalue weighted by Crippen LogP contribution is -2.21. The standard InChI is InChI=1S/C16H12N2O2S/c19-14(12-6-3-9-21-12)13-10-4-1-2-5-11(10)16(20)18-8-7-17-15(13)18/h1-6,9,17H,7-8H2. The Hall–Kier alpha value is -2.40. The Labute approximate surface area is 124 Å². The molecule has 3 heterocycles. The van der Waals surface area contributed by atoms with Gasteiger partial charge in [0.15, 0.2) is 0 Å².